The molecule has 3 aromatic rings. The number of aryl methyl sites for hydroxylation is 1. The molecule has 28 heavy (non-hydrogen) atoms. The van der Waals surface area contributed by atoms with Gasteiger partial charge in [0.1, 0.15) is 0 Å². The van der Waals surface area contributed by atoms with E-state index in [-0.39, 0.29) is 17.3 Å². The van der Waals surface area contributed by atoms with Crippen LogP contribution in [0.4, 0.5) is 5.95 Å². The van der Waals surface area contributed by atoms with Gasteiger partial charge in [0.15, 0.2) is 11.2 Å². The summed E-state index contributed by atoms with van der Waals surface area (Å²) in [7, 11) is 1.66. The van der Waals surface area contributed by atoms with Gasteiger partial charge in [-0.3, -0.25) is 18.5 Å². The highest BCUT2D eigenvalue weighted by atomic mass is 16.2. The van der Waals surface area contributed by atoms with E-state index in [9.17, 15) is 9.59 Å². The van der Waals surface area contributed by atoms with Crippen LogP contribution < -0.4 is 16.3 Å². The fourth-order valence-corrected chi connectivity index (χ4v) is 3.67. The number of hydrazone groups is 1. The highest BCUT2D eigenvalue weighted by Gasteiger charge is 2.30. The molecule has 146 valence electrons. The molecule has 1 atom stereocenters. The first-order chi connectivity index (χ1) is 13.4. The molecule has 0 spiro atoms. The fourth-order valence-electron chi connectivity index (χ4n) is 3.67. The van der Waals surface area contributed by atoms with E-state index in [1.807, 2.05) is 55.7 Å². The Balaban J connectivity index is 1.97. The normalized spacial score (nSPS) is 16.4. The molecule has 0 fully saturated rings. The van der Waals surface area contributed by atoms with Crippen LogP contribution in [0.3, 0.4) is 0 Å². The quantitative estimate of drug-likeness (QED) is 0.696. The second kappa shape index (κ2) is 6.78. The number of anilines is 1. The van der Waals surface area contributed by atoms with E-state index in [2.05, 4.69) is 4.98 Å². The van der Waals surface area contributed by atoms with Gasteiger partial charge in [0.25, 0.3) is 5.56 Å². The van der Waals surface area contributed by atoms with Crippen LogP contribution in [-0.2, 0) is 20.1 Å². The van der Waals surface area contributed by atoms with E-state index in [0.717, 1.165) is 11.3 Å². The van der Waals surface area contributed by atoms with E-state index in [1.165, 1.54) is 9.13 Å². The number of fused-ring (bicyclic) bond motifs is 3. The SMILES string of the molecule is CCCn1c(=O)c2c(nc3n2C(C)C(C)=NN3Cc2ccccc2)n(C)c1=O. The summed E-state index contributed by atoms with van der Waals surface area (Å²) in [6.07, 6.45) is 0.706. The Labute approximate surface area is 162 Å². The molecule has 0 aliphatic carbocycles. The Morgan fingerprint density at radius 1 is 1.14 bits per heavy atom. The minimum atomic E-state index is -0.338. The van der Waals surface area contributed by atoms with Crippen molar-refractivity contribution in [3.05, 3.63) is 56.7 Å². The molecule has 0 radical (unpaired) electrons. The van der Waals surface area contributed by atoms with Gasteiger partial charge in [-0.1, -0.05) is 37.3 Å². The summed E-state index contributed by atoms with van der Waals surface area (Å²) in [5, 5.41) is 6.51. The fraction of sp³-hybridized carbons (Fsp3) is 0.400. The lowest BCUT2D eigenvalue weighted by atomic mass is 10.2. The lowest BCUT2D eigenvalue weighted by Gasteiger charge is -2.29. The maximum Gasteiger partial charge on any atom is 0.332 e. The number of imidazole rings is 1. The van der Waals surface area contributed by atoms with Crippen molar-refractivity contribution < 1.29 is 0 Å². The highest BCUT2D eigenvalue weighted by molar-refractivity contribution is 5.91. The summed E-state index contributed by atoms with van der Waals surface area (Å²) in [6, 6.07) is 9.87. The lowest BCUT2D eigenvalue weighted by molar-refractivity contribution is 0.586. The van der Waals surface area contributed by atoms with Crippen molar-refractivity contribution in [2.24, 2.45) is 12.1 Å². The van der Waals surface area contributed by atoms with Crippen molar-refractivity contribution in [2.75, 3.05) is 5.01 Å². The molecule has 0 bridgehead atoms. The largest absolute Gasteiger partial charge is 0.332 e. The number of nitrogens with zero attached hydrogens (tertiary/aromatic N) is 6. The van der Waals surface area contributed by atoms with Gasteiger partial charge in [0.05, 0.1) is 18.3 Å². The molecule has 2 aromatic heterocycles. The topological polar surface area (TPSA) is 77.4 Å². The zero-order valence-electron chi connectivity index (χ0n) is 16.6. The van der Waals surface area contributed by atoms with Gasteiger partial charge in [-0.2, -0.15) is 10.1 Å². The third-order valence-corrected chi connectivity index (χ3v) is 5.28. The van der Waals surface area contributed by atoms with Crippen LogP contribution in [0.25, 0.3) is 11.2 Å². The number of benzene rings is 1. The molecule has 0 saturated carbocycles. The maximum atomic E-state index is 13.2. The van der Waals surface area contributed by atoms with Crippen molar-refractivity contribution in [1.29, 1.82) is 0 Å². The Morgan fingerprint density at radius 3 is 2.54 bits per heavy atom. The van der Waals surface area contributed by atoms with Gasteiger partial charge in [-0.05, 0) is 25.8 Å². The van der Waals surface area contributed by atoms with Crippen LogP contribution in [0.2, 0.25) is 0 Å². The molecular formula is C20H24N6O2. The number of hydrogen-bond donors (Lipinski definition) is 0. The Bertz CT molecular complexity index is 1190. The van der Waals surface area contributed by atoms with Gasteiger partial charge in [0, 0.05) is 13.6 Å². The molecule has 0 amide bonds. The highest BCUT2D eigenvalue weighted by Crippen LogP contribution is 2.30. The summed E-state index contributed by atoms with van der Waals surface area (Å²) in [4.78, 5) is 30.5. The minimum absolute atomic E-state index is 0.118. The third-order valence-electron chi connectivity index (χ3n) is 5.28. The van der Waals surface area contributed by atoms with Gasteiger partial charge < -0.3 is 0 Å². The van der Waals surface area contributed by atoms with Gasteiger partial charge >= 0.3 is 5.69 Å². The van der Waals surface area contributed by atoms with Gasteiger partial charge in [0.2, 0.25) is 5.95 Å². The summed E-state index contributed by atoms with van der Waals surface area (Å²) >= 11 is 0. The number of rotatable bonds is 4. The molecule has 8 nitrogen and oxygen atoms in total. The van der Waals surface area contributed by atoms with E-state index < -0.39 is 0 Å². The molecule has 0 N–H and O–H groups in total. The van der Waals surface area contributed by atoms with Crippen LogP contribution in [0.5, 0.6) is 0 Å². The van der Waals surface area contributed by atoms with Crippen molar-refractivity contribution in [3.63, 3.8) is 0 Å². The molecule has 1 aliphatic heterocycles. The second-order valence-corrected chi connectivity index (χ2v) is 7.21. The molecule has 1 unspecified atom stereocenters. The van der Waals surface area contributed by atoms with Crippen molar-refractivity contribution in [2.45, 2.75) is 46.3 Å². The van der Waals surface area contributed by atoms with Crippen LogP contribution in [-0.4, -0.2) is 24.4 Å². The monoisotopic (exact) mass is 380 g/mol. The summed E-state index contributed by atoms with van der Waals surface area (Å²) < 4.78 is 4.67. The maximum absolute atomic E-state index is 13.2. The van der Waals surface area contributed by atoms with Crippen LogP contribution in [0, 0.1) is 0 Å². The zero-order chi connectivity index (χ0) is 20.0. The first-order valence-corrected chi connectivity index (χ1v) is 9.52. The number of hydrogen-bond acceptors (Lipinski definition) is 5. The minimum Gasteiger partial charge on any atom is -0.294 e. The van der Waals surface area contributed by atoms with Crippen LogP contribution >= 0.6 is 0 Å². The van der Waals surface area contributed by atoms with Crippen LogP contribution in [0.15, 0.2) is 45.0 Å². The van der Waals surface area contributed by atoms with E-state index in [4.69, 9.17) is 5.10 Å². The predicted molar refractivity (Wildman–Crippen MR) is 110 cm³/mol. The molecule has 1 aromatic carbocycles. The van der Waals surface area contributed by atoms with E-state index in [0.29, 0.717) is 36.6 Å². The first kappa shape index (κ1) is 18.2. The zero-order valence-corrected chi connectivity index (χ0v) is 16.6. The Hall–Kier alpha value is -3.16. The summed E-state index contributed by atoms with van der Waals surface area (Å²) in [5.74, 6) is 0.582. The van der Waals surface area contributed by atoms with E-state index >= 15 is 0 Å². The smallest absolute Gasteiger partial charge is 0.294 e. The predicted octanol–water partition coefficient (Wildman–Crippen LogP) is 2.26. The second-order valence-electron chi connectivity index (χ2n) is 7.21. The average molecular weight is 380 g/mol. The average Bonchev–Trinajstić information content (AvgIpc) is 3.10. The van der Waals surface area contributed by atoms with Gasteiger partial charge in [-0.15, -0.1) is 0 Å². The molecule has 3 heterocycles. The van der Waals surface area contributed by atoms with Crippen LogP contribution in [0.1, 0.15) is 38.8 Å². The molecular weight excluding hydrogens is 356 g/mol. The number of aromatic nitrogens is 4. The van der Waals surface area contributed by atoms with E-state index in [1.54, 1.807) is 12.1 Å². The third kappa shape index (κ3) is 2.67. The standard InChI is InChI=1S/C20H24N6O2/c1-5-11-24-18(27)16-17(23(4)20(24)28)21-19-25(12-15-9-7-6-8-10-15)22-13(2)14(3)26(16)19/h6-10,14H,5,11-12H2,1-4H3. The Kier molecular flexibility index (Phi) is 4.41. The molecule has 4 rings (SSSR count). The lowest BCUT2D eigenvalue weighted by Crippen LogP contribution is -2.40. The molecule has 0 saturated heterocycles. The summed E-state index contributed by atoms with van der Waals surface area (Å²) in [6.45, 7) is 6.81. The van der Waals surface area contributed by atoms with Crippen molar-refractivity contribution in [1.82, 2.24) is 18.7 Å². The molecule has 8 heteroatoms. The van der Waals surface area contributed by atoms with Crippen molar-refractivity contribution >= 4 is 22.8 Å². The van der Waals surface area contributed by atoms with Crippen molar-refractivity contribution in [3.8, 4) is 0 Å². The Morgan fingerprint density at radius 2 is 1.86 bits per heavy atom. The first-order valence-electron chi connectivity index (χ1n) is 9.52. The van der Waals surface area contributed by atoms with Gasteiger partial charge in [-0.25, -0.2) is 9.80 Å². The summed E-state index contributed by atoms with van der Waals surface area (Å²) in [5.41, 5.74) is 2.19. The molecule has 1 aliphatic rings.